The van der Waals surface area contributed by atoms with Crippen molar-refractivity contribution >= 4 is 34.8 Å². The maximum atomic E-state index is 12.5. The summed E-state index contributed by atoms with van der Waals surface area (Å²) in [5.74, 6) is -0.0770. The Balaban J connectivity index is 1.43. The van der Waals surface area contributed by atoms with Crippen molar-refractivity contribution < 1.29 is 9.59 Å². The Morgan fingerprint density at radius 1 is 1.00 bits per heavy atom. The number of carbonyl (C=O) groups is 2. The highest BCUT2D eigenvalue weighted by atomic mass is 35.5. The van der Waals surface area contributed by atoms with Gasteiger partial charge in [0, 0.05) is 42.6 Å². The van der Waals surface area contributed by atoms with Crippen molar-refractivity contribution in [1.82, 2.24) is 9.80 Å². The molecule has 0 radical (unpaired) electrons. The first-order chi connectivity index (χ1) is 13.9. The summed E-state index contributed by atoms with van der Waals surface area (Å²) in [5, 5.41) is 6.43. The molecule has 7 heteroatoms. The minimum absolute atomic E-state index is 0.0194. The van der Waals surface area contributed by atoms with Gasteiger partial charge in [-0.3, -0.25) is 19.4 Å². The van der Waals surface area contributed by atoms with Gasteiger partial charge in [0.25, 0.3) is 0 Å². The summed E-state index contributed by atoms with van der Waals surface area (Å²) in [6, 6.07) is 14.7. The number of nitrogens with zero attached hydrogens (tertiary/aromatic N) is 2. The van der Waals surface area contributed by atoms with E-state index in [-0.39, 0.29) is 17.9 Å². The molecule has 2 amide bonds. The van der Waals surface area contributed by atoms with Crippen LogP contribution >= 0.6 is 11.6 Å². The quantitative estimate of drug-likeness (QED) is 0.761. The summed E-state index contributed by atoms with van der Waals surface area (Å²) in [6.07, 6.45) is 0. The van der Waals surface area contributed by atoms with Crippen LogP contribution in [0.25, 0.3) is 0 Å². The standard InChI is InChI=1S/C22H27ClN4O2/c1-16-6-8-19(9-7-16)24-21(28)15-26-10-12-27(13-11-26)17(2)22(29)25-20-5-3-4-18(23)14-20/h3-9,14,17H,10-13,15H2,1-2H3,(H,24,28)(H,25,29)/t17-/m1/s1. The van der Waals surface area contributed by atoms with Gasteiger partial charge < -0.3 is 10.6 Å². The molecule has 1 aliphatic rings. The van der Waals surface area contributed by atoms with E-state index in [1.165, 1.54) is 0 Å². The van der Waals surface area contributed by atoms with Gasteiger partial charge in [0.2, 0.25) is 11.8 Å². The second kappa shape index (κ2) is 9.87. The number of carbonyl (C=O) groups excluding carboxylic acids is 2. The van der Waals surface area contributed by atoms with Crippen molar-refractivity contribution in [2.45, 2.75) is 19.9 Å². The van der Waals surface area contributed by atoms with Gasteiger partial charge in [0.15, 0.2) is 0 Å². The van der Waals surface area contributed by atoms with E-state index in [1.807, 2.05) is 50.2 Å². The van der Waals surface area contributed by atoms with Crippen LogP contribution in [0.5, 0.6) is 0 Å². The van der Waals surface area contributed by atoms with Crippen molar-refractivity contribution in [3.8, 4) is 0 Å². The van der Waals surface area contributed by atoms with E-state index < -0.39 is 0 Å². The molecule has 29 heavy (non-hydrogen) atoms. The molecule has 154 valence electrons. The van der Waals surface area contributed by atoms with E-state index in [0.717, 1.165) is 37.4 Å². The first kappa shape index (κ1) is 21.3. The minimum atomic E-state index is -0.252. The maximum absolute atomic E-state index is 12.5. The maximum Gasteiger partial charge on any atom is 0.241 e. The minimum Gasteiger partial charge on any atom is -0.325 e. The molecule has 1 aliphatic heterocycles. The summed E-state index contributed by atoms with van der Waals surface area (Å²) < 4.78 is 0. The number of benzene rings is 2. The fourth-order valence-corrected chi connectivity index (χ4v) is 3.52. The lowest BCUT2D eigenvalue weighted by molar-refractivity contribution is -0.122. The van der Waals surface area contributed by atoms with Crippen molar-refractivity contribution in [2.75, 3.05) is 43.4 Å². The van der Waals surface area contributed by atoms with Crippen LogP contribution in [0.1, 0.15) is 12.5 Å². The number of anilines is 2. The van der Waals surface area contributed by atoms with Crippen LogP contribution in [0.4, 0.5) is 11.4 Å². The van der Waals surface area contributed by atoms with Crippen LogP contribution in [-0.4, -0.2) is 60.4 Å². The van der Waals surface area contributed by atoms with E-state index in [0.29, 0.717) is 17.3 Å². The van der Waals surface area contributed by atoms with Crippen molar-refractivity contribution in [3.63, 3.8) is 0 Å². The molecule has 1 atom stereocenters. The molecule has 2 aromatic rings. The third-order valence-corrected chi connectivity index (χ3v) is 5.36. The number of hydrogen-bond acceptors (Lipinski definition) is 4. The topological polar surface area (TPSA) is 64.7 Å². The highest BCUT2D eigenvalue weighted by molar-refractivity contribution is 6.30. The summed E-state index contributed by atoms with van der Waals surface area (Å²) in [6.45, 7) is 7.24. The van der Waals surface area contributed by atoms with Gasteiger partial charge in [-0.15, -0.1) is 0 Å². The monoisotopic (exact) mass is 414 g/mol. The fraction of sp³-hybridized carbons (Fsp3) is 0.364. The molecular formula is C22H27ClN4O2. The van der Waals surface area contributed by atoms with Crippen LogP contribution in [0.15, 0.2) is 48.5 Å². The van der Waals surface area contributed by atoms with Gasteiger partial charge in [-0.25, -0.2) is 0 Å². The van der Waals surface area contributed by atoms with Gasteiger partial charge in [-0.05, 0) is 44.2 Å². The van der Waals surface area contributed by atoms with Gasteiger partial charge in [0.1, 0.15) is 0 Å². The normalized spacial score (nSPS) is 16.2. The Hall–Kier alpha value is -2.41. The van der Waals surface area contributed by atoms with Gasteiger partial charge >= 0.3 is 0 Å². The highest BCUT2D eigenvalue weighted by Gasteiger charge is 2.26. The Morgan fingerprint density at radius 2 is 1.69 bits per heavy atom. The van der Waals surface area contributed by atoms with Crippen LogP contribution < -0.4 is 10.6 Å². The zero-order valence-corrected chi connectivity index (χ0v) is 17.6. The molecule has 0 unspecified atom stereocenters. The Morgan fingerprint density at radius 3 is 2.34 bits per heavy atom. The highest BCUT2D eigenvalue weighted by Crippen LogP contribution is 2.16. The summed E-state index contributed by atoms with van der Waals surface area (Å²) in [7, 11) is 0. The lowest BCUT2D eigenvalue weighted by Crippen LogP contribution is -2.53. The zero-order valence-electron chi connectivity index (χ0n) is 16.8. The lowest BCUT2D eigenvalue weighted by Gasteiger charge is -2.37. The average molecular weight is 415 g/mol. The molecule has 0 aromatic heterocycles. The first-order valence-electron chi connectivity index (χ1n) is 9.80. The molecule has 1 heterocycles. The van der Waals surface area contributed by atoms with Gasteiger partial charge in [-0.2, -0.15) is 0 Å². The third-order valence-electron chi connectivity index (χ3n) is 5.13. The summed E-state index contributed by atoms with van der Waals surface area (Å²) in [5.41, 5.74) is 2.67. The van der Waals surface area contributed by atoms with E-state index in [1.54, 1.807) is 12.1 Å². The Kier molecular flexibility index (Phi) is 7.25. The van der Waals surface area contributed by atoms with Crippen molar-refractivity contribution in [2.24, 2.45) is 0 Å². The van der Waals surface area contributed by atoms with Crippen LogP contribution in [-0.2, 0) is 9.59 Å². The number of halogens is 1. The summed E-state index contributed by atoms with van der Waals surface area (Å²) in [4.78, 5) is 29.1. The molecule has 0 bridgehead atoms. The Labute approximate surface area is 176 Å². The lowest BCUT2D eigenvalue weighted by atomic mass is 10.2. The smallest absolute Gasteiger partial charge is 0.241 e. The second-order valence-corrected chi connectivity index (χ2v) is 7.84. The first-order valence-corrected chi connectivity index (χ1v) is 10.2. The van der Waals surface area contributed by atoms with E-state index in [9.17, 15) is 9.59 Å². The predicted octanol–water partition coefficient (Wildman–Crippen LogP) is 3.23. The van der Waals surface area contributed by atoms with Crippen LogP contribution in [0, 0.1) is 6.92 Å². The number of piperazine rings is 1. The number of rotatable bonds is 6. The molecule has 0 saturated carbocycles. The van der Waals surface area contributed by atoms with Gasteiger partial charge in [0.05, 0.1) is 12.6 Å². The van der Waals surface area contributed by atoms with E-state index in [4.69, 9.17) is 11.6 Å². The molecule has 3 rings (SSSR count). The predicted molar refractivity (Wildman–Crippen MR) is 117 cm³/mol. The third kappa shape index (κ3) is 6.29. The zero-order chi connectivity index (χ0) is 20.8. The Bertz CT molecular complexity index is 848. The second-order valence-electron chi connectivity index (χ2n) is 7.40. The molecule has 1 saturated heterocycles. The van der Waals surface area contributed by atoms with Gasteiger partial charge in [-0.1, -0.05) is 35.4 Å². The molecule has 2 aromatic carbocycles. The molecular weight excluding hydrogens is 388 g/mol. The number of hydrogen-bond donors (Lipinski definition) is 2. The largest absolute Gasteiger partial charge is 0.325 e. The SMILES string of the molecule is Cc1ccc(NC(=O)CN2CCN([C@H](C)C(=O)Nc3cccc(Cl)c3)CC2)cc1. The van der Waals surface area contributed by atoms with E-state index >= 15 is 0 Å². The van der Waals surface area contributed by atoms with Crippen LogP contribution in [0.3, 0.4) is 0 Å². The average Bonchev–Trinajstić information content (AvgIpc) is 2.70. The molecule has 2 N–H and O–H groups in total. The number of amides is 2. The van der Waals surface area contributed by atoms with Crippen molar-refractivity contribution in [1.29, 1.82) is 0 Å². The number of nitrogens with one attached hydrogen (secondary N) is 2. The molecule has 6 nitrogen and oxygen atoms in total. The van der Waals surface area contributed by atoms with E-state index in [2.05, 4.69) is 20.4 Å². The molecule has 0 aliphatic carbocycles. The van der Waals surface area contributed by atoms with Crippen molar-refractivity contribution in [3.05, 3.63) is 59.1 Å². The van der Waals surface area contributed by atoms with Crippen LogP contribution in [0.2, 0.25) is 5.02 Å². The molecule has 0 spiro atoms. The fourth-order valence-electron chi connectivity index (χ4n) is 3.33. The molecule has 1 fully saturated rings. The number of aryl methyl sites for hydroxylation is 1. The summed E-state index contributed by atoms with van der Waals surface area (Å²) >= 11 is 5.97.